The minimum Gasteiger partial charge on any atom is -0.469 e. The van der Waals surface area contributed by atoms with Gasteiger partial charge in [-0.15, -0.1) is 0 Å². The molecular formula is C15H19Cl2N3O2S. The second kappa shape index (κ2) is 11.2. The van der Waals surface area contributed by atoms with Crippen molar-refractivity contribution in [3.05, 3.63) is 33.8 Å². The van der Waals surface area contributed by atoms with Crippen molar-refractivity contribution in [3.8, 4) is 0 Å². The van der Waals surface area contributed by atoms with Crippen LogP contribution in [0.4, 0.5) is 0 Å². The summed E-state index contributed by atoms with van der Waals surface area (Å²) in [6.07, 6.45) is 4.70. The lowest BCUT2D eigenvalue weighted by atomic mass is 10.2. The maximum Gasteiger partial charge on any atom is 0.305 e. The molecule has 8 heteroatoms. The number of thiocarbonyl (C=S) groups is 1. The molecule has 0 heterocycles. The lowest BCUT2D eigenvalue weighted by Gasteiger charge is -2.06. The summed E-state index contributed by atoms with van der Waals surface area (Å²) >= 11 is 16.8. The van der Waals surface area contributed by atoms with Crippen LogP contribution in [0.15, 0.2) is 23.3 Å². The van der Waals surface area contributed by atoms with Crippen molar-refractivity contribution in [3.63, 3.8) is 0 Å². The number of hydrogen-bond acceptors (Lipinski definition) is 4. The maximum atomic E-state index is 10.9. The molecule has 0 aliphatic carbocycles. The third-order valence-corrected chi connectivity index (χ3v) is 3.87. The van der Waals surface area contributed by atoms with Gasteiger partial charge in [-0.25, -0.2) is 0 Å². The van der Waals surface area contributed by atoms with Crippen molar-refractivity contribution >= 4 is 52.7 Å². The maximum absolute atomic E-state index is 10.9. The molecule has 0 aliphatic rings. The van der Waals surface area contributed by atoms with E-state index >= 15 is 0 Å². The van der Waals surface area contributed by atoms with Gasteiger partial charge in [-0.1, -0.05) is 35.7 Å². The number of methoxy groups -OCH3 is 1. The number of hydrogen-bond donors (Lipinski definition) is 2. The van der Waals surface area contributed by atoms with E-state index in [1.165, 1.54) is 7.11 Å². The molecule has 0 bridgehead atoms. The van der Waals surface area contributed by atoms with E-state index in [1.807, 2.05) is 0 Å². The van der Waals surface area contributed by atoms with E-state index in [-0.39, 0.29) is 5.97 Å². The van der Waals surface area contributed by atoms with Gasteiger partial charge in [-0.05, 0) is 42.8 Å². The molecule has 0 spiro atoms. The second-order valence-electron chi connectivity index (χ2n) is 4.69. The molecule has 0 radical (unpaired) electrons. The van der Waals surface area contributed by atoms with Gasteiger partial charge < -0.3 is 10.1 Å². The summed E-state index contributed by atoms with van der Waals surface area (Å²) in [4.78, 5) is 10.9. The Labute approximate surface area is 151 Å². The lowest BCUT2D eigenvalue weighted by Crippen LogP contribution is -2.32. The third-order valence-electron chi connectivity index (χ3n) is 2.89. The highest BCUT2D eigenvalue weighted by atomic mass is 35.5. The minimum absolute atomic E-state index is 0.174. The molecule has 2 N–H and O–H groups in total. The Balaban J connectivity index is 2.15. The Morgan fingerprint density at radius 2 is 2.09 bits per heavy atom. The van der Waals surface area contributed by atoms with Crippen molar-refractivity contribution < 1.29 is 9.53 Å². The summed E-state index contributed by atoms with van der Waals surface area (Å²) in [5.74, 6) is -0.174. The normalized spacial score (nSPS) is 10.6. The number of ether oxygens (including phenoxy) is 1. The summed E-state index contributed by atoms with van der Waals surface area (Å²) in [5.41, 5.74) is 3.54. The Morgan fingerprint density at radius 1 is 1.30 bits per heavy atom. The second-order valence-corrected chi connectivity index (χ2v) is 5.91. The smallest absolute Gasteiger partial charge is 0.305 e. The molecule has 5 nitrogen and oxygen atoms in total. The van der Waals surface area contributed by atoms with Gasteiger partial charge in [0.05, 0.1) is 23.4 Å². The molecular weight excluding hydrogens is 357 g/mol. The van der Waals surface area contributed by atoms with Crippen LogP contribution in [0.25, 0.3) is 0 Å². The average Bonchev–Trinajstić information content (AvgIpc) is 2.53. The predicted octanol–water partition coefficient (Wildman–Crippen LogP) is 3.52. The predicted molar refractivity (Wildman–Crippen MR) is 98.3 cm³/mol. The van der Waals surface area contributed by atoms with Gasteiger partial charge in [0.15, 0.2) is 5.11 Å². The molecule has 0 unspecified atom stereocenters. The first-order valence-electron chi connectivity index (χ1n) is 7.11. The molecule has 1 aromatic rings. The summed E-state index contributed by atoms with van der Waals surface area (Å²) in [7, 11) is 1.40. The fraction of sp³-hybridized carbons (Fsp3) is 0.400. The summed E-state index contributed by atoms with van der Waals surface area (Å²) in [6, 6.07) is 5.22. The number of unbranched alkanes of at least 4 members (excludes halogenated alkanes) is 2. The van der Waals surface area contributed by atoms with Crippen LogP contribution in [0.1, 0.15) is 31.2 Å². The van der Waals surface area contributed by atoms with Gasteiger partial charge in [0.25, 0.3) is 0 Å². The molecule has 0 saturated carbocycles. The topological polar surface area (TPSA) is 62.7 Å². The SMILES string of the molecule is COC(=O)CCCCCNC(=S)N/N=C\c1ccc(Cl)c(Cl)c1. The molecule has 0 saturated heterocycles. The summed E-state index contributed by atoms with van der Waals surface area (Å²) in [6.45, 7) is 0.718. The van der Waals surface area contributed by atoms with E-state index in [0.717, 1.165) is 31.4 Å². The van der Waals surface area contributed by atoms with E-state index < -0.39 is 0 Å². The van der Waals surface area contributed by atoms with Crippen LogP contribution in [0.5, 0.6) is 0 Å². The molecule has 1 rings (SSSR count). The van der Waals surface area contributed by atoms with E-state index in [2.05, 4.69) is 20.6 Å². The first-order valence-corrected chi connectivity index (χ1v) is 8.28. The zero-order valence-electron chi connectivity index (χ0n) is 12.8. The van der Waals surface area contributed by atoms with Gasteiger partial charge in [-0.3, -0.25) is 10.2 Å². The summed E-state index contributed by atoms with van der Waals surface area (Å²) < 4.78 is 4.57. The van der Waals surface area contributed by atoms with Gasteiger partial charge in [0.2, 0.25) is 0 Å². The average molecular weight is 376 g/mol. The van der Waals surface area contributed by atoms with E-state index in [0.29, 0.717) is 21.6 Å². The zero-order valence-corrected chi connectivity index (χ0v) is 15.1. The molecule has 0 aliphatic heterocycles. The first kappa shape index (κ1) is 19.7. The number of halogens is 2. The summed E-state index contributed by atoms with van der Waals surface area (Å²) in [5, 5.41) is 8.47. The zero-order chi connectivity index (χ0) is 17.1. The monoisotopic (exact) mass is 375 g/mol. The van der Waals surface area contributed by atoms with Crippen LogP contribution in [0.3, 0.4) is 0 Å². The van der Waals surface area contributed by atoms with Crippen LogP contribution in [0.2, 0.25) is 10.0 Å². The number of nitrogens with zero attached hydrogens (tertiary/aromatic N) is 1. The van der Waals surface area contributed by atoms with Crippen LogP contribution in [-0.2, 0) is 9.53 Å². The quantitative estimate of drug-likeness (QED) is 0.239. The van der Waals surface area contributed by atoms with Crippen molar-refractivity contribution in [1.29, 1.82) is 0 Å². The number of esters is 1. The van der Waals surface area contributed by atoms with Crippen molar-refractivity contribution in [2.45, 2.75) is 25.7 Å². The van der Waals surface area contributed by atoms with Gasteiger partial charge in [0, 0.05) is 13.0 Å². The number of carbonyl (C=O) groups is 1. The van der Waals surface area contributed by atoms with Crippen molar-refractivity contribution in [1.82, 2.24) is 10.7 Å². The van der Waals surface area contributed by atoms with E-state index in [4.69, 9.17) is 35.4 Å². The molecule has 23 heavy (non-hydrogen) atoms. The Hall–Kier alpha value is -1.37. The first-order chi connectivity index (χ1) is 11.0. The molecule has 0 fully saturated rings. The Morgan fingerprint density at radius 3 is 2.78 bits per heavy atom. The highest BCUT2D eigenvalue weighted by Gasteiger charge is 2.00. The standard InChI is InChI=1S/C15H19Cl2N3O2S/c1-22-14(21)5-3-2-4-8-18-15(23)20-19-10-11-6-7-12(16)13(17)9-11/h6-7,9-10H,2-5,8H2,1H3,(H2,18,20,23)/b19-10-. The van der Waals surface area contributed by atoms with Gasteiger partial charge in [-0.2, -0.15) is 5.10 Å². The van der Waals surface area contributed by atoms with Gasteiger partial charge in [0.1, 0.15) is 0 Å². The van der Waals surface area contributed by atoms with Crippen molar-refractivity contribution in [2.75, 3.05) is 13.7 Å². The van der Waals surface area contributed by atoms with Crippen molar-refractivity contribution in [2.24, 2.45) is 5.10 Å². The molecule has 1 aromatic carbocycles. The highest BCUT2D eigenvalue weighted by molar-refractivity contribution is 7.80. The fourth-order valence-electron chi connectivity index (χ4n) is 1.67. The third kappa shape index (κ3) is 8.74. The lowest BCUT2D eigenvalue weighted by molar-refractivity contribution is -0.140. The van der Waals surface area contributed by atoms with E-state index in [9.17, 15) is 4.79 Å². The highest BCUT2D eigenvalue weighted by Crippen LogP contribution is 2.21. The molecule has 126 valence electrons. The Kier molecular flexibility index (Phi) is 9.59. The van der Waals surface area contributed by atoms with Crippen LogP contribution in [0, 0.1) is 0 Å². The van der Waals surface area contributed by atoms with Crippen LogP contribution < -0.4 is 10.7 Å². The number of hydrazone groups is 1. The number of rotatable bonds is 8. The fourth-order valence-corrected chi connectivity index (χ4v) is 2.13. The van der Waals surface area contributed by atoms with Crippen LogP contribution >= 0.6 is 35.4 Å². The largest absolute Gasteiger partial charge is 0.469 e. The number of nitrogens with one attached hydrogen (secondary N) is 2. The molecule has 0 atom stereocenters. The number of carbonyl (C=O) groups excluding carboxylic acids is 1. The number of benzene rings is 1. The van der Waals surface area contributed by atoms with Gasteiger partial charge >= 0.3 is 5.97 Å². The van der Waals surface area contributed by atoms with E-state index in [1.54, 1.807) is 24.4 Å². The minimum atomic E-state index is -0.174. The Bertz CT molecular complexity index is 568. The van der Waals surface area contributed by atoms with Crippen LogP contribution in [-0.4, -0.2) is 31.0 Å². The molecule has 0 aromatic heterocycles. The molecule has 0 amide bonds.